The monoisotopic (exact) mass is 355 g/mol. The van der Waals surface area contributed by atoms with Crippen molar-refractivity contribution in [1.29, 1.82) is 0 Å². The van der Waals surface area contributed by atoms with Crippen LogP contribution < -0.4 is 0 Å². The molecule has 0 aliphatic carbocycles. The normalized spacial score (nSPS) is 21.0. The third kappa shape index (κ3) is 3.79. The van der Waals surface area contributed by atoms with E-state index in [-0.39, 0.29) is 24.0 Å². The van der Waals surface area contributed by atoms with Crippen LogP contribution in [0.5, 0.6) is 0 Å². The molecule has 1 heterocycles. The number of hydrogen-bond acceptors (Lipinski definition) is 6. The molecule has 0 spiro atoms. The SMILES string of the molecule is COCO[C@@H]1C(=O)/C(=C\c2ccccc2)O[C@H]1c1ccc([N+](=O)[O-])cc1. The highest BCUT2D eigenvalue weighted by Crippen LogP contribution is 2.36. The Morgan fingerprint density at radius 1 is 1.15 bits per heavy atom. The Kier molecular flexibility index (Phi) is 5.40. The van der Waals surface area contributed by atoms with Crippen molar-refractivity contribution in [2.75, 3.05) is 13.9 Å². The van der Waals surface area contributed by atoms with Crippen LogP contribution in [-0.4, -0.2) is 30.7 Å². The van der Waals surface area contributed by atoms with Gasteiger partial charge in [0.1, 0.15) is 6.79 Å². The van der Waals surface area contributed by atoms with Gasteiger partial charge in [-0.15, -0.1) is 0 Å². The van der Waals surface area contributed by atoms with Crippen LogP contribution in [0, 0.1) is 10.1 Å². The van der Waals surface area contributed by atoms with Crippen LogP contribution in [-0.2, 0) is 19.0 Å². The van der Waals surface area contributed by atoms with Crippen LogP contribution in [0.1, 0.15) is 17.2 Å². The first-order chi connectivity index (χ1) is 12.6. The van der Waals surface area contributed by atoms with E-state index in [0.717, 1.165) is 5.56 Å². The van der Waals surface area contributed by atoms with E-state index < -0.39 is 17.1 Å². The van der Waals surface area contributed by atoms with Gasteiger partial charge in [-0.25, -0.2) is 0 Å². The number of nitro groups is 1. The minimum Gasteiger partial charge on any atom is -0.479 e. The molecule has 2 aromatic rings. The number of benzene rings is 2. The van der Waals surface area contributed by atoms with Crippen molar-refractivity contribution < 1.29 is 23.9 Å². The van der Waals surface area contributed by atoms with Gasteiger partial charge in [0.2, 0.25) is 5.78 Å². The molecule has 1 saturated heterocycles. The lowest BCUT2D eigenvalue weighted by molar-refractivity contribution is -0.384. The Hall–Kier alpha value is -3.03. The molecular weight excluding hydrogens is 338 g/mol. The Bertz CT molecular complexity index is 816. The van der Waals surface area contributed by atoms with Gasteiger partial charge < -0.3 is 14.2 Å². The zero-order valence-electron chi connectivity index (χ0n) is 14.0. The zero-order chi connectivity index (χ0) is 18.5. The Balaban J connectivity index is 1.90. The molecule has 0 bridgehead atoms. The van der Waals surface area contributed by atoms with E-state index in [4.69, 9.17) is 14.2 Å². The summed E-state index contributed by atoms with van der Waals surface area (Å²) < 4.78 is 16.2. The molecule has 1 aliphatic rings. The third-order valence-electron chi connectivity index (χ3n) is 3.93. The lowest BCUT2D eigenvalue weighted by Crippen LogP contribution is -2.25. The van der Waals surface area contributed by atoms with Gasteiger partial charge in [0.05, 0.1) is 4.92 Å². The number of hydrogen-bond donors (Lipinski definition) is 0. The van der Waals surface area contributed by atoms with Gasteiger partial charge in [-0.2, -0.15) is 0 Å². The predicted octanol–water partition coefficient (Wildman–Crippen LogP) is 3.27. The summed E-state index contributed by atoms with van der Waals surface area (Å²) in [5.41, 5.74) is 1.40. The fraction of sp³-hybridized carbons (Fsp3) is 0.211. The molecule has 2 atom stereocenters. The maximum Gasteiger partial charge on any atom is 0.269 e. The highest BCUT2D eigenvalue weighted by atomic mass is 16.7. The van der Waals surface area contributed by atoms with E-state index in [1.807, 2.05) is 30.3 Å². The highest BCUT2D eigenvalue weighted by molar-refractivity contribution is 6.03. The van der Waals surface area contributed by atoms with Crippen LogP contribution >= 0.6 is 0 Å². The topological polar surface area (TPSA) is 87.9 Å². The number of non-ortho nitro benzene ring substituents is 1. The van der Waals surface area contributed by atoms with E-state index in [1.165, 1.54) is 19.2 Å². The third-order valence-corrected chi connectivity index (χ3v) is 3.93. The van der Waals surface area contributed by atoms with Crippen LogP contribution in [0.2, 0.25) is 0 Å². The van der Waals surface area contributed by atoms with Crippen molar-refractivity contribution in [3.63, 3.8) is 0 Å². The Labute approximate surface area is 150 Å². The fourth-order valence-electron chi connectivity index (χ4n) is 2.67. The number of nitro benzene ring substituents is 1. The molecule has 2 aromatic carbocycles. The summed E-state index contributed by atoms with van der Waals surface area (Å²) in [4.78, 5) is 23.0. The summed E-state index contributed by atoms with van der Waals surface area (Å²) in [6.45, 7) is -0.0676. The zero-order valence-corrected chi connectivity index (χ0v) is 14.0. The average molecular weight is 355 g/mol. The quantitative estimate of drug-likeness (QED) is 0.342. The predicted molar refractivity (Wildman–Crippen MR) is 93.1 cm³/mol. The minimum atomic E-state index is -0.883. The van der Waals surface area contributed by atoms with Gasteiger partial charge >= 0.3 is 0 Å². The molecule has 0 N–H and O–H groups in total. The first kappa shape index (κ1) is 17.8. The van der Waals surface area contributed by atoms with Crippen LogP contribution in [0.4, 0.5) is 5.69 Å². The number of Topliss-reactive ketones (excluding diaryl/α,β-unsaturated/α-hetero) is 1. The summed E-state index contributed by atoms with van der Waals surface area (Å²) in [6.07, 6.45) is 0.0662. The molecule has 26 heavy (non-hydrogen) atoms. The summed E-state index contributed by atoms with van der Waals surface area (Å²) in [6, 6.07) is 15.2. The number of rotatable bonds is 6. The lowest BCUT2D eigenvalue weighted by Gasteiger charge is -2.17. The number of carbonyl (C=O) groups is 1. The second-order valence-corrected chi connectivity index (χ2v) is 5.66. The minimum absolute atomic E-state index is 0.0347. The Morgan fingerprint density at radius 3 is 2.46 bits per heavy atom. The fourth-order valence-corrected chi connectivity index (χ4v) is 2.67. The maximum absolute atomic E-state index is 12.7. The number of nitrogens with zero attached hydrogens (tertiary/aromatic N) is 1. The summed E-state index contributed by atoms with van der Waals surface area (Å²) >= 11 is 0. The van der Waals surface area contributed by atoms with Crippen molar-refractivity contribution in [3.8, 4) is 0 Å². The summed E-state index contributed by atoms with van der Waals surface area (Å²) in [7, 11) is 1.46. The van der Waals surface area contributed by atoms with Crippen molar-refractivity contribution in [1.82, 2.24) is 0 Å². The summed E-state index contributed by atoms with van der Waals surface area (Å²) in [5, 5.41) is 10.8. The molecule has 7 nitrogen and oxygen atoms in total. The van der Waals surface area contributed by atoms with Crippen LogP contribution in [0.25, 0.3) is 6.08 Å². The van der Waals surface area contributed by atoms with E-state index >= 15 is 0 Å². The van der Waals surface area contributed by atoms with Crippen molar-refractivity contribution in [3.05, 3.63) is 81.6 Å². The van der Waals surface area contributed by atoms with Crippen LogP contribution in [0.3, 0.4) is 0 Å². The van der Waals surface area contributed by atoms with E-state index in [9.17, 15) is 14.9 Å². The number of carbonyl (C=O) groups excluding carboxylic acids is 1. The highest BCUT2D eigenvalue weighted by Gasteiger charge is 2.42. The molecule has 7 heteroatoms. The number of methoxy groups -OCH3 is 1. The molecule has 0 radical (unpaired) electrons. The average Bonchev–Trinajstić information content (AvgIpc) is 2.96. The molecule has 0 saturated carbocycles. The van der Waals surface area contributed by atoms with Gasteiger partial charge in [0, 0.05) is 19.2 Å². The Morgan fingerprint density at radius 2 is 1.85 bits per heavy atom. The smallest absolute Gasteiger partial charge is 0.269 e. The first-order valence-electron chi connectivity index (χ1n) is 7.92. The van der Waals surface area contributed by atoms with Gasteiger partial charge in [0.25, 0.3) is 5.69 Å². The van der Waals surface area contributed by atoms with Crippen molar-refractivity contribution >= 4 is 17.5 Å². The lowest BCUT2D eigenvalue weighted by atomic mass is 10.0. The standard InChI is InChI=1S/C19H17NO6/c1-24-12-25-19-17(21)16(11-13-5-3-2-4-6-13)26-18(19)14-7-9-15(10-8-14)20(22)23/h2-11,18-19H,12H2,1H3/b16-11+/t18-,19+/m0/s1. The number of ether oxygens (including phenoxy) is 3. The maximum atomic E-state index is 12.7. The first-order valence-corrected chi connectivity index (χ1v) is 7.92. The molecule has 0 aromatic heterocycles. The number of ketones is 1. The van der Waals surface area contributed by atoms with Gasteiger partial charge in [-0.1, -0.05) is 30.3 Å². The molecule has 0 unspecified atom stereocenters. The molecule has 1 aliphatic heterocycles. The van der Waals surface area contributed by atoms with Crippen molar-refractivity contribution in [2.45, 2.75) is 12.2 Å². The summed E-state index contributed by atoms with van der Waals surface area (Å²) in [5.74, 6) is -0.116. The molecule has 3 rings (SSSR count). The van der Waals surface area contributed by atoms with Gasteiger partial charge in [-0.05, 0) is 29.3 Å². The molecule has 0 amide bonds. The van der Waals surface area contributed by atoms with E-state index in [1.54, 1.807) is 18.2 Å². The van der Waals surface area contributed by atoms with E-state index in [0.29, 0.717) is 5.56 Å². The second kappa shape index (κ2) is 7.90. The largest absolute Gasteiger partial charge is 0.479 e. The second-order valence-electron chi connectivity index (χ2n) is 5.66. The van der Waals surface area contributed by atoms with E-state index in [2.05, 4.69) is 0 Å². The van der Waals surface area contributed by atoms with Gasteiger partial charge in [0.15, 0.2) is 18.0 Å². The van der Waals surface area contributed by atoms with Crippen molar-refractivity contribution in [2.24, 2.45) is 0 Å². The molecule has 134 valence electrons. The molecular formula is C19H17NO6. The molecule has 1 fully saturated rings. The van der Waals surface area contributed by atoms with Crippen LogP contribution in [0.15, 0.2) is 60.4 Å². The van der Waals surface area contributed by atoms with Gasteiger partial charge in [-0.3, -0.25) is 14.9 Å².